The number of halogens is 2. The molecule has 7 nitrogen and oxygen atoms in total. The predicted octanol–water partition coefficient (Wildman–Crippen LogP) is 3.67. The molecule has 0 amide bonds. The molecule has 0 spiro atoms. The molecule has 2 heterocycles. The zero-order chi connectivity index (χ0) is 20.3. The standard InChI is InChI=1S/C19H15Cl2N3O4/c1-27-18(25)14-5-3-4-10-23(15(14)19(26)28-2)12-6-8-13(9-7-12)24-11-22-16(20)17(24)21/h3-11H,1-2H3. The van der Waals surface area contributed by atoms with Crippen LogP contribution in [0.3, 0.4) is 0 Å². The molecule has 9 heteroatoms. The maximum atomic E-state index is 12.4. The van der Waals surface area contributed by atoms with Crippen LogP contribution in [0.1, 0.15) is 0 Å². The number of methoxy groups -OCH3 is 2. The van der Waals surface area contributed by atoms with Crippen molar-refractivity contribution in [2.24, 2.45) is 0 Å². The van der Waals surface area contributed by atoms with Gasteiger partial charge in [0.25, 0.3) is 0 Å². The lowest BCUT2D eigenvalue weighted by Gasteiger charge is -2.23. The average Bonchev–Trinajstić information content (AvgIpc) is 2.93. The highest BCUT2D eigenvalue weighted by molar-refractivity contribution is 6.40. The molecule has 1 aliphatic heterocycles. The fourth-order valence-corrected chi connectivity index (χ4v) is 2.96. The van der Waals surface area contributed by atoms with Crippen LogP contribution in [0.5, 0.6) is 0 Å². The van der Waals surface area contributed by atoms with Gasteiger partial charge in [0.05, 0.1) is 19.8 Å². The molecule has 0 bridgehead atoms. The molecular weight excluding hydrogens is 405 g/mol. The fraction of sp³-hybridized carbons (Fsp3) is 0.105. The number of rotatable bonds is 4. The van der Waals surface area contributed by atoms with Gasteiger partial charge in [0, 0.05) is 17.6 Å². The van der Waals surface area contributed by atoms with Gasteiger partial charge in [-0.15, -0.1) is 0 Å². The first kappa shape index (κ1) is 19.7. The number of imidazole rings is 1. The first-order valence-corrected chi connectivity index (χ1v) is 8.77. The van der Waals surface area contributed by atoms with Crippen molar-refractivity contribution in [1.82, 2.24) is 9.55 Å². The van der Waals surface area contributed by atoms with Crippen molar-refractivity contribution < 1.29 is 19.1 Å². The number of esters is 2. The Labute approximate surface area is 171 Å². The number of carbonyl (C=O) groups is 2. The number of allylic oxidation sites excluding steroid dienone is 2. The molecule has 144 valence electrons. The van der Waals surface area contributed by atoms with E-state index in [4.69, 9.17) is 32.7 Å². The molecule has 1 aromatic heterocycles. The van der Waals surface area contributed by atoms with Crippen LogP contribution in [0, 0.1) is 0 Å². The van der Waals surface area contributed by atoms with E-state index in [2.05, 4.69) is 4.98 Å². The van der Waals surface area contributed by atoms with Crippen molar-refractivity contribution in [2.75, 3.05) is 19.1 Å². The van der Waals surface area contributed by atoms with Crippen LogP contribution in [0.2, 0.25) is 10.3 Å². The van der Waals surface area contributed by atoms with Gasteiger partial charge in [0.15, 0.2) is 10.3 Å². The first-order valence-electron chi connectivity index (χ1n) is 8.01. The molecule has 0 unspecified atom stereocenters. The Morgan fingerprint density at radius 2 is 1.61 bits per heavy atom. The highest BCUT2D eigenvalue weighted by atomic mass is 35.5. The lowest BCUT2D eigenvalue weighted by molar-refractivity contribution is -0.139. The minimum Gasteiger partial charge on any atom is -0.465 e. The molecule has 2 aromatic rings. The summed E-state index contributed by atoms with van der Waals surface area (Å²) in [7, 11) is 2.49. The van der Waals surface area contributed by atoms with Crippen LogP contribution in [-0.4, -0.2) is 35.7 Å². The zero-order valence-electron chi connectivity index (χ0n) is 14.9. The summed E-state index contributed by atoms with van der Waals surface area (Å²) in [4.78, 5) is 30.1. The average molecular weight is 420 g/mol. The Balaban J connectivity index is 2.06. The van der Waals surface area contributed by atoms with E-state index >= 15 is 0 Å². The van der Waals surface area contributed by atoms with E-state index in [9.17, 15) is 9.59 Å². The second-order valence-electron chi connectivity index (χ2n) is 5.53. The normalized spacial score (nSPS) is 13.5. The van der Waals surface area contributed by atoms with E-state index in [0.29, 0.717) is 5.69 Å². The molecule has 1 aromatic carbocycles. The number of nitrogens with zero attached hydrogens (tertiary/aromatic N) is 3. The summed E-state index contributed by atoms with van der Waals surface area (Å²) in [6.45, 7) is 0. The van der Waals surface area contributed by atoms with Crippen LogP contribution < -0.4 is 4.90 Å². The van der Waals surface area contributed by atoms with Crippen LogP contribution in [0.25, 0.3) is 5.69 Å². The van der Waals surface area contributed by atoms with Gasteiger partial charge in [-0.05, 0) is 36.4 Å². The minimum atomic E-state index is -0.676. The maximum Gasteiger partial charge on any atom is 0.355 e. The third-order valence-corrected chi connectivity index (χ3v) is 4.70. The Hall–Kier alpha value is -3.03. The molecule has 0 atom stereocenters. The van der Waals surface area contributed by atoms with E-state index in [1.54, 1.807) is 52.1 Å². The Kier molecular flexibility index (Phi) is 5.87. The lowest BCUT2D eigenvalue weighted by atomic mass is 10.1. The number of carbonyl (C=O) groups excluding carboxylic acids is 2. The van der Waals surface area contributed by atoms with Crippen molar-refractivity contribution >= 4 is 40.8 Å². The Bertz CT molecular complexity index is 1010. The molecule has 0 saturated heterocycles. The molecule has 0 N–H and O–H groups in total. The third kappa shape index (κ3) is 3.67. The topological polar surface area (TPSA) is 73.7 Å². The van der Waals surface area contributed by atoms with Gasteiger partial charge in [-0.1, -0.05) is 29.3 Å². The second kappa shape index (κ2) is 8.33. The Morgan fingerprint density at radius 3 is 2.18 bits per heavy atom. The van der Waals surface area contributed by atoms with Gasteiger partial charge < -0.3 is 14.4 Å². The van der Waals surface area contributed by atoms with Crippen molar-refractivity contribution in [3.63, 3.8) is 0 Å². The SMILES string of the molecule is COC(=O)C1=C(C(=O)OC)N(c2ccc(-n3cnc(Cl)c3Cl)cc2)C=CC=C1. The third-order valence-electron chi connectivity index (χ3n) is 3.96. The van der Waals surface area contributed by atoms with E-state index in [1.807, 2.05) is 0 Å². The summed E-state index contributed by atoms with van der Waals surface area (Å²) in [6, 6.07) is 7.07. The molecular formula is C19H15Cl2N3O4. The number of hydrogen-bond acceptors (Lipinski definition) is 6. The van der Waals surface area contributed by atoms with Crippen molar-refractivity contribution in [1.29, 1.82) is 0 Å². The first-order chi connectivity index (χ1) is 13.5. The van der Waals surface area contributed by atoms with Crippen LogP contribution >= 0.6 is 23.2 Å². The van der Waals surface area contributed by atoms with Crippen LogP contribution in [-0.2, 0) is 19.1 Å². The number of ether oxygens (including phenoxy) is 2. The molecule has 3 rings (SSSR count). The molecule has 1 aliphatic rings. The van der Waals surface area contributed by atoms with Gasteiger partial charge in [0.1, 0.15) is 12.0 Å². The minimum absolute atomic E-state index is 0.0378. The van der Waals surface area contributed by atoms with E-state index in [1.165, 1.54) is 26.6 Å². The molecule has 0 aliphatic carbocycles. The van der Waals surface area contributed by atoms with Gasteiger partial charge in [-0.3, -0.25) is 4.57 Å². The Morgan fingerprint density at radius 1 is 0.964 bits per heavy atom. The van der Waals surface area contributed by atoms with E-state index in [0.717, 1.165) is 5.69 Å². The van der Waals surface area contributed by atoms with Gasteiger partial charge in [-0.2, -0.15) is 0 Å². The lowest BCUT2D eigenvalue weighted by Crippen LogP contribution is -2.26. The predicted molar refractivity (Wildman–Crippen MR) is 105 cm³/mol. The fourth-order valence-electron chi connectivity index (χ4n) is 2.63. The van der Waals surface area contributed by atoms with Gasteiger partial charge in [-0.25, -0.2) is 14.6 Å². The summed E-state index contributed by atoms with van der Waals surface area (Å²) in [5.74, 6) is -1.33. The summed E-state index contributed by atoms with van der Waals surface area (Å²) in [6.07, 6.45) is 7.98. The summed E-state index contributed by atoms with van der Waals surface area (Å²) < 4.78 is 11.3. The largest absolute Gasteiger partial charge is 0.465 e. The molecule has 0 fully saturated rings. The van der Waals surface area contributed by atoms with Gasteiger partial charge in [0.2, 0.25) is 0 Å². The summed E-state index contributed by atoms with van der Waals surface area (Å²) in [5.41, 5.74) is 1.46. The smallest absolute Gasteiger partial charge is 0.355 e. The number of benzene rings is 1. The van der Waals surface area contributed by atoms with Crippen molar-refractivity contribution in [2.45, 2.75) is 0 Å². The molecule has 0 radical (unpaired) electrons. The second-order valence-corrected chi connectivity index (χ2v) is 6.24. The number of aromatic nitrogens is 2. The highest BCUT2D eigenvalue weighted by Gasteiger charge is 2.27. The number of anilines is 1. The number of hydrogen-bond donors (Lipinski definition) is 0. The van der Waals surface area contributed by atoms with E-state index < -0.39 is 11.9 Å². The summed E-state index contributed by atoms with van der Waals surface area (Å²) >= 11 is 12.0. The van der Waals surface area contributed by atoms with Crippen LogP contribution in [0.4, 0.5) is 5.69 Å². The van der Waals surface area contributed by atoms with E-state index in [-0.39, 0.29) is 21.6 Å². The van der Waals surface area contributed by atoms with Crippen LogP contribution in [0.15, 0.2) is 66.3 Å². The quantitative estimate of drug-likeness (QED) is 0.703. The monoisotopic (exact) mass is 419 g/mol. The van der Waals surface area contributed by atoms with Gasteiger partial charge >= 0.3 is 11.9 Å². The molecule has 0 saturated carbocycles. The summed E-state index contributed by atoms with van der Waals surface area (Å²) in [5, 5.41) is 0.488. The molecule has 28 heavy (non-hydrogen) atoms. The maximum absolute atomic E-state index is 12.4. The highest BCUT2D eigenvalue weighted by Crippen LogP contribution is 2.29. The van der Waals surface area contributed by atoms with Crippen molar-refractivity contribution in [3.8, 4) is 5.69 Å². The van der Waals surface area contributed by atoms with Crippen molar-refractivity contribution in [3.05, 3.63) is 76.6 Å². The zero-order valence-corrected chi connectivity index (χ0v) is 16.4.